The smallest absolute Gasteiger partial charge is 0.173 e. The number of ether oxygens (including phenoxy) is 2. The summed E-state index contributed by atoms with van der Waals surface area (Å²) in [6.07, 6.45) is 4.12. The molecule has 1 atom stereocenters. The lowest BCUT2D eigenvalue weighted by Gasteiger charge is -2.22. The molecule has 0 saturated heterocycles. The molecule has 0 saturated carbocycles. The monoisotopic (exact) mass is 311 g/mol. The molecule has 1 heterocycles. The average Bonchev–Trinajstić information content (AvgIpc) is 2.81. The summed E-state index contributed by atoms with van der Waals surface area (Å²) in [5.41, 5.74) is 2.18. The summed E-state index contributed by atoms with van der Waals surface area (Å²) in [7, 11) is 0. The Hall–Kier alpha value is -2.36. The molecule has 0 bridgehead atoms. The van der Waals surface area contributed by atoms with E-state index in [4.69, 9.17) is 9.47 Å². The van der Waals surface area contributed by atoms with Crippen LogP contribution in [-0.4, -0.2) is 24.0 Å². The summed E-state index contributed by atoms with van der Waals surface area (Å²) < 4.78 is 11.3. The van der Waals surface area contributed by atoms with E-state index in [1.807, 2.05) is 45.0 Å². The average molecular weight is 311 g/mol. The molecule has 0 fully saturated rings. The summed E-state index contributed by atoms with van der Waals surface area (Å²) in [5.74, 6) is 1.48. The molecular formula is C19H21NO3. The first-order valence-corrected chi connectivity index (χ1v) is 7.98. The van der Waals surface area contributed by atoms with E-state index < -0.39 is 5.41 Å². The van der Waals surface area contributed by atoms with Gasteiger partial charge in [-0.2, -0.15) is 0 Å². The standard InChI is InChI=1S/C19H21NO3/c1-4-22-16-10-13-12-19(3,14-6-8-20-9-7-14)18(21)15(13)11-17(16)23-5-2/h6-11H,4-5,12H2,1-3H3. The zero-order valence-electron chi connectivity index (χ0n) is 13.8. The van der Waals surface area contributed by atoms with E-state index in [1.165, 1.54) is 0 Å². The first kappa shape index (κ1) is 15.5. The Morgan fingerprint density at radius 1 is 1.09 bits per heavy atom. The Labute approximate surface area is 136 Å². The maximum atomic E-state index is 13.0. The number of rotatable bonds is 5. The Bertz CT molecular complexity index is 727. The van der Waals surface area contributed by atoms with Crippen molar-refractivity contribution in [2.24, 2.45) is 0 Å². The van der Waals surface area contributed by atoms with Crippen LogP contribution >= 0.6 is 0 Å². The molecular weight excluding hydrogens is 290 g/mol. The molecule has 0 spiro atoms. The molecule has 1 aromatic carbocycles. The molecule has 0 amide bonds. The zero-order valence-corrected chi connectivity index (χ0v) is 13.8. The number of benzene rings is 1. The third-order valence-corrected chi connectivity index (χ3v) is 4.38. The van der Waals surface area contributed by atoms with Gasteiger partial charge in [0.2, 0.25) is 0 Å². The van der Waals surface area contributed by atoms with Crippen molar-refractivity contribution in [3.05, 3.63) is 53.3 Å². The molecule has 2 aromatic rings. The van der Waals surface area contributed by atoms with Crippen LogP contribution in [0.2, 0.25) is 0 Å². The number of ketones is 1. The van der Waals surface area contributed by atoms with Gasteiger partial charge >= 0.3 is 0 Å². The van der Waals surface area contributed by atoms with Gasteiger partial charge in [-0.15, -0.1) is 0 Å². The van der Waals surface area contributed by atoms with Gasteiger partial charge < -0.3 is 9.47 Å². The maximum absolute atomic E-state index is 13.0. The minimum absolute atomic E-state index is 0.128. The van der Waals surface area contributed by atoms with Crippen LogP contribution < -0.4 is 9.47 Å². The Morgan fingerprint density at radius 2 is 1.70 bits per heavy atom. The van der Waals surface area contributed by atoms with Gasteiger partial charge in [-0.25, -0.2) is 0 Å². The highest BCUT2D eigenvalue weighted by Gasteiger charge is 2.43. The molecule has 3 rings (SSSR count). The second kappa shape index (κ2) is 6.03. The van der Waals surface area contributed by atoms with Gasteiger partial charge in [0, 0.05) is 18.0 Å². The van der Waals surface area contributed by atoms with Crippen molar-refractivity contribution in [2.45, 2.75) is 32.6 Å². The summed E-state index contributed by atoms with van der Waals surface area (Å²) in [6.45, 7) is 6.95. The Balaban J connectivity index is 2.05. The number of Topliss-reactive ketones (excluding diaryl/α,β-unsaturated/α-hetero) is 1. The number of nitrogens with zero attached hydrogens (tertiary/aromatic N) is 1. The predicted molar refractivity (Wildman–Crippen MR) is 88.4 cm³/mol. The van der Waals surface area contributed by atoms with Crippen molar-refractivity contribution in [2.75, 3.05) is 13.2 Å². The number of aromatic nitrogens is 1. The quantitative estimate of drug-likeness (QED) is 0.847. The lowest BCUT2D eigenvalue weighted by atomic mass is 9.79. The molecule has 0 N–H and O–H groups in total. The van der Waals surface area contributed by atoms with Crippen molar-refractivity contribution in [1.29, 1.82) is 0 Å². The first-order valence-electron chi connectivity index (χ1n) is 7.98. The van der Waals surface area contributed by atoms with Crippen molar-refractivity contribution in [1.82, 2.24) is 4.98 Å². The van der Waals surface area contributed by atoms with Gasteiger partial charge in [-0.1, -0.05) is 0 Å². The van der Waals surface area contributed by atoms with Crippen LogP contribution in [0.3, 0.4) is 0 Å². The van der Waals surface area contributed by atoms with Crippen molar-refractivity contribution in [3.63, 3.8) is 0 Å². The van der Waals surface area contributed by atoms with Crippen molar-refractivity contribution in [3.8, 4) is 11.5 Å². The minimum Gasteiger partial charge on any atom is -0.490 e. The maximum Gasteiger partial charge on any atom is 0.173 e. The van der Waals surface area contributed by atoms with E-state index in [-0.39, 0.29) is 5.78 Å². The third-order valence-electron chi connectivity index (χ3n) is 4.38. The van der Waals surface area contributed by atoms with Crippen LogP contribution in [-0.2, 0) is 11.8 Å². The van der Waals surface area contributed by atoms with E-state index in [2.05, 4.69) is 4.98 Å². The van der Waals surface area contributed by atoms with Crippen LogP contribution in [0.1, 0.15) is 42.3 Å². The van der Waals surface area contributed by atoms with Gasteiger partial charge in [0.25, 0.3) is 0 Å². The predicted octanol–water partition coefficient (Wildman–Crippen LogP) is 3.58. The van der Waals surface area contributed by atoms with Gasteiger partial charge in [0.1, 0.15) is 0 Å². The highest BCUT2D eigenvalue weighted by atomic mass is 16.5. The first-order chi connectivity index (χ1) is 11.1. The number of carbonyl (C=O) groups excluding carboxylic acids is 1. The molecule has 120 valence electrons. The number of hydrogen-bond donors (Lipinski definition) is 0. The van der Waals surface area contributed by atoms with E-state index in [9.17, 15) is 4.79 Å². The fourth-order valence-electron chi connectivity index (χ4n) is 3.21. The van der Waals surface area contributed by atoms with Gasteiger partial charge in [0.15, 0.2) is 17.3 Å². The van der Waals surface area contributed by atoms with Crippen molar-refractivity contribution >= 4 is 5.78 Å². The van der Waals surface area contributed by atoms with Crippen molar-refractivity contribution < 1.29 is 14.3 Å². The number of pyridine rings is 1. The molecule has 1 unspecified atom stereocenters. The van der Waals surface area contributed by atoms with Gasteiger partial charge in [-0.3, -0.25) is 9.78 Å². The van der Waals surface area contributed by atoms with Crippen LogP contribution in [0.5, 0.6) is 11.5 Å². The highest BCUT2D eigenvalue weighted by molar-refractivity contribution is 6.08. The van der Waals surface area contributed by atoms with Gasteiger partial charge in [0.05, 0.1) is 18.6 Å². The topological polar surface area (TPSA) is 48.4 Å². The fraction of sp³-hybridized carbons (Fsp3) is 0.368. The molecule has 0 aliphatic heterocycles. The zero-order chi connectivity index (χ0) is 16.4. The number of carbonyl (C=O) groups is 1. The second-order valence-corrected chi connectivity index (χ2v) is 5.90. The van der Waals surface area contributed by atoms with E-state index in [1.54, 1.807) is 12.4 Å². The fourth-order valence-corrected chi connectivity index (χ4v) is 3.21. The molecule has 23 heavy (non-hydrogen) atoms. The Kier molecular flexibility index (Phi) is 4.07. The summed E-state index contributed by atoms with van der Waals surface area (Å²) in [6, 6.07) is 7.61. The van der Waals surface area contributed by atoms with Gasteiger partial charge in [-0.05, 0) is 62.6 Å². The second-order valence-electron chi connectivity index (χ2n) is 5.90. The molecule has 4 nitrogen and oxygen atoms in total. The third kappa shape index (κ3) is 2.58. The summed E-state index contributed by atoms with van der Waals surface area (Å²) in [5, 5.41) is 0. The largest absolute Gasteiger partial charge is 0.490 e. The van der Waals surface area contributed by atoms with E-state index in [0.717, 1.165) is 16.7 Å². The van der Waals surface area contributed by atoms with E-state index >= 15 is 0 Å². The van der Waals surface area contributed by atoms with Crippen LogP contribution in [0, 0.1) is 0 Å². The normalized spacial score (nSPS) is 19.5. The molecule has 0 radical (unpaired) electrons. The summed E-state index contributed by atoms with van der Waals surface area (Å²) >= 11 is 0. The SMILES string of the molecule is CCOc1cc2c(cc1OCC)C(=O)C(C)(c1ccncc1)C2. The molecule has 1 aliphatic rings. The number of fused-ring (bicyclic) bond motifs is 1. The molecule has 4 heteroatoms. The molecule has 1 aliphatic carbocycles. The van der Waals surface area contributed by atoms with Crippen LogP contribution in [0.4, 0.5) is 0 Å². The Morgan fingerprint density at radius 3 is 2.30 bits per heavy atom. The lowest BCUT2D eigenvalue weighted by Crippen LogP contribution is -2.29. The van der Waals surface area contributed by atoms with E-state index in [0.29, 0.717) is 31.1 Å². The molecule has 1 aromatic heterocycles. The van der Waals surface area contributed by atoms with Crippen LogP contribution in [0.15, 0.2) is 36.7 Å². The summed E-state index contributed by atoms with van der Waals surface area (Å²) in [4.78, 5) is 17.1. The minimum atomic E-state index is -0.556. The highest BCUT2D eigenvalue weighted by Crippen LogP contribution is 2.43. The number of hydrogen-bond acceptors (Lipinski definition) is 4. The van der Waals surface area contributed by atoms with Crippen LogP contribution in [0.25, 0.3) is 0 Å². The lowest BCUT2D eigenvalue weighted by molar-refractivity contribution is 0.0915.